The Labute approximate surface area is 177 Å². The van der Waals surface area contributed by atoms with E-state index in [-0.39, 0.29) is 10.0 Å². The van der Waals surface area contributed by atoms with E-state index in [4.69, 9.17) is 0 Å². The van der Waals surface area contributed by atoms with Gasteiger partial charge in [0.1, 0.15) is 5.54 Å². The van der Waals surface area contributed by atoms with E-state index < -0.39 is 27.0 Å². The molecule has 4 aromatic rings. The first kappa shape index (κ1) is 19.7. The van der Waals surface area contributed by atoms with Crippen molar-refractivity contribution in [2.75, 3.05) is 0 Å². The molecular formula is C17H12F2N8O2S2. The van der Waals surface area contributed by atoms with Gasteiger partial charge >= 0.3 is 0 Å². The lowest BCUT2D eigenvalue weighted by Gasteiger charge is -2.12. The summed E-state index contributed by atoms with van der Waals surface area (Å²) in [6.07, 6.45) is 2.52. The normalized spacial score (nSPS) is 15.4. The average Bonchev–Trinajstić information content (AvgIpc) is 3.21. The minimum Gasteiger partial charge on any atom is -0.345 e. The number of alkyl halides is 2. The molecule has 0 amide bonds. The number of aromatic nitrogens is 6. The summed E-state index contributed by atoms with van der Waals surface area (Å²) in [6, 6.07) is 4.80. The van der Waals surface area contributed by atoms with Crippen molar-refractivity contribution in [1.29, 1.82) is 5.26 Å². The van der Waals surface area contributed by atoms with Gasteiger partial charge in [-0.2, -0.15) is 15.1 Å². The first-order valence-corrected chi connectivity index (χ1v) is 11.2. The fourth-order valence-electron chi connectivity index (χ4n) is 3.11. The number of nitrogens with one attached hydrogen (secondary N) is 2. The van der Waals surface area contributed by atoms with E-state index in [0.717, 1.165) is 0 Å². The summed E-state index contributed by atoms with van der Waals surface area (Å²) in [6.45, 7) is 0. The molecule has 31 heavy (non-hydrogen) atoms. The van der Waals surface area contributed by atoms with Crippen molar-refractivity contribution in [3.63, 3.8) is 0 Å². The summed E-state index contributed by atoms with van der Waals surface area (Å²) in [5.74, 6) is 0. The van der Waals surface area contributed by atoms with Crippen molar-refractivity contribution in [2.45, 2.75) is 29.7 Å². The Morgan fingerprint density at radius 1 is 1.29 bits per heavy atom. The van der Waals surface area contributed by atoms with Crippen LogP contribution in [0.5, 0.6) is 0 Å². The molecule has 3 heterocycles. The van der Waals surface area contributed by atoms with Crippen LogP contribution in [0.25, 0.3) is 27.3 Å². The number of rotatable bonds is 6. The van der Waals surface area contributed by atoms with Gasteiger partial charge in [-0.3, -0.25) is 0 Å². The van der Waals surface area contributed by atoms with Crippen LogP contribution in [0, 0.1) is 11.3 Å². The smallest absolute Gasteiger partial charge is 0.291 e. The molecule has 5 rings (SSSR count). The summed E-state index contributed by atoms with van der Waals surface area (Å²) in [7, 11) is -4.06. The van der Waals surface area contributed by atoms with E-state index in [1.54, 1.807) is 0 Å². The van der Waals surface area contributed by atoms with Gasteiger partial charge in [-0.05, 0) is 25.0 Å². The van der Waals surface area contributed by atoms with Crippen LogP contribution in [0.15, 0.2) is 35.7 Å². The minimum absolute atomic E-state index is 0.0686. The number of sulfonamides is 1. The molecule has 1 aliphatic rings. The largest absolute Gasteiger partial charge is 0.345 e. The number of nitrogens with zero attached hydrogens (tertiary/aromatic N) is 6. The van der Waals surface area contributed by atoms with E-state index in [1.807, 2.05) is 6.07 Å². The zero-order valence-electron chi connectivity index (χ0n) is 15.5. The molecular weight excluding hydrogens is 450 g/mol. The predicted octanol–water partition coefficient (Wildman–Crippen LogP) is 2.54. The summed E-state index contributed by atoms with van der Waals surface area (Å²) < 4.78 is 55.7. The Bertz CT molecular complexity index is 1430. The molecule has 3 aromatic heterocycles. The molecule has 10 nitrogen and oxygen atoms in total. The Morgan fingerprint density at radius 2 is 2.10 bits per heavy atom. The van der Waals surface area contributed by atoms with E-state index in [1.165, 1.54) is 35.5 Å². The van der Waals surface area contributed by atoms with E-state index in [2.05, 4.69) is 30.0 Å². The number of hydrogen-bond donors (Lipinski definition) is 2. The number of aromatic amines is 1. The van der Waals surface area contributed by atoms with Crippen molar-refractivity contribution < 1.29 is 17.2 Å². The van der Waals surface area contributed by atoms with E-state index in [9.17, 15) is 22.5 Å². The standard InChI is InChI=1S/C17H12F2N8O2S2/c18-14(19)15-24-25-16(30-15)27-13-4-9(31(28,29)26-17(7-20)1-2-17)3-10(11(13)5-23-27)12-6-21-8-22-12/h3-6,8,14,26H,1-2H2,(H,21,22). The van der Waals surface area contributed by atoms with Gasteiger partial charge in [0.25, 0.3) is 6.43 Å². The fraction of sp³-hybridized carbons (Fsp3) is 0.235. The van der Waals surface area contributed by atoms with Crippen molar-refractivity contribution >= 4 is 32.3 Å². The zero-order valence-corrected chi connectivity index (χ0v) is 17.1. The van der Waals surface area contributed by atoms with Crippen LogP contribution in [0.3, 0.4) is 0 Å². The van der Waals surface area contributed by atoms with Crippen LogP contribution in [0.4, 0.5) is 8.78 Å². The highest BCUT2D eigenvalue weighted by atomic mass is 32.2. The molecule has 0 aliphatic heterocycles. The first-order chi connectivity index (χ1) is 14.8. The van der Waals surface area contributed by atoms with Gasteiger partial charge in [-0.25, -0.2) is 26.9 Å². The molecule has 0 unspecified atom stereocenters. The Balaban J connectivity index is 1.71. The maximum atomic E-state index is 13.0. The van der Waals surface area contributed by atoms with Gasteiger partial charge in [-0.1, -0.05) is 11.3 Å². The summed E-state index contributed by atoms with van der Waals surface area (Å²) in [5, 5.41) is 20.9. The maximum Gasteiger partial charge on any atom is 0.291 e. The highest BCUT2D eigenvalue weighted by Crippen LogP contribution is 2.38. The van der Waals surface area contributed by atoms with Crippen LogP contribution in [0.2, 0.25) is 0 Å². The summed E-state index contributed by atoms with van der Waals surface area (Å²) in [5.41, 5.74) is 0.245. The van der Waals surface area contributed by atoms with Crippen LogP contribution in [-0.2, 0) is 10.0 Å². The Hall–Kier alpha value is -3.28. The minimum atomic E-state index is -4.06. The lowest BCUT2D eigenvalue weighted by atomic mass is 10.1. The van der Waals surface area contributed by atoms with Gasteiger partial charge in [0.05, 0.1) is 40.9 Å². The topological polar surface area (TPSA) is 142 Å². The second-order valence-electron chi connectivity index (χ2n) is 6.95. The Morgan fingerprint density at radius 3 is 2.71 bits per heavy atom. The van der Waals surface area contributed by atoms with Crippen molar-refractivity contribution in [2.24, 2.45) is 0 Å². The molecule has 1 aliphatic carbocycles. The highest BCUT2D eigenvalue weighted by molar-refractivity contribution is 7.89. The fourth-order valence-corrected chi connectivity index (χ4v) is 5.21. The van der Waals surface area contributed by atoms with Crippen LogP contribution in [-0.4, -0.2) is 43.9 Å². The molecule has 0 spiro atoms. The third-order valence-corrected chi connectivity index (χ3v) is 7.27. The Kier molecular flexibility index (Phi) is 4.36. The monoisotopic (exact) mass is 462 g/mol. The number of nitriles is 1. The number of imidazole rings is 1. The molecule has 0 bridgehead atoms. The second kappa shape index (κ2) is 6.87. The molecule has 1 aromatic carbocycles. The van der Waals surface area contributed by atoms with Crippen LogP contribution >= 0.6 is 11.3 Å². The number of fused-ring (bicyclic) bond motifs is 1. The number of halogens is 2. The quantitative estimate of drug-likeness (QED) is 0.448. The number of benzene rings is 1. The van der Waals surface area contributed by atoms with Gasteiger partial charge < -0.3 is 4.98 Å². The predicted molar refractivity (Wildman–Crippen MR) is 105 cm³/mol. The molecule has 1 fully saturated rings. The van der Waals surface area contributed by atoms with Crippen molar-refractivity contribution in [3.8, 4) is 22.5 Å². The van der Waals surface area contributed by atoms with Gasteiger partial charge in [0, 0.05) is 10.9 Å². The van der Waals surface area contributed by atoms with Crippen molar-refractivity contribution in [3.05, 3.63) is 35.9 Å². The molecule has 0 radical (unpaired) electrons. The SMILES string of the molecule is N#CC1(NS(=O)(=O)c2cc(-c3cnc[nH]3)c3cnn(-c4nnc(C(F)F)s4)c3c2)CC1. The van der Waals surface area contributed by atoms with Gasteiger partial charge in [0.2, 0.25) is 15.2 Å². The summed E-state index contributed by atoms with van der Waals surface area (Å²) >= 11 is 0.654. The molecule has 158 valence electrons. The van der Waals surface area contributed by atoms with E-state index >= 15 is 0 Å². The maximum absolute atomic E-state index is 13.0. The van der Waals surface area contributed by atoms with Crippen LogP contribution < -0.4 is 4.72 Å². The van der Waals surface area contributed by atoms with Gasteiger partial charge in [0.15, 0.2) is 5.01 Å². The third-order valence-electron chi connectivity index (χ3n) is 4.85. The van der Waals surface area contributed by atoms with Crippen molar-refractivity contribution in [1.82, 2.24) is 34.7 Å². The molecule has 2 N–H and O–H groups in total. The number of hydrogen-bond acceptors (Lipinski definition) is 8. The van der Waals surface area contributed by atoms with Crippen LogP contribution in [0.1, 0.15) is 24.3 Å². The average molecular weight is 462 g/mol. The number of H-pyrrole nitrogens is 1. The molecule has 0 saturated heterocycles. The zero-order chi connectivity index (χ0) is 21.8. The summed E-state index contributed by atoms with van der Waals surface area (Å²) in [4.78, 5) is 6.79. The van der Waals surface area contributed by atoms with Gasteiger partial charge in [-0.15, -0.1) is 10.2 Å². The molecule has 1 saturated carbocycles. The van der Waals surface area contributed by atoms with E-state index in [0.29, 0.717) is 46.3 Å². The lowest BCUT2D eigenvalue weighted by molar-refractivity contribution is 0.150. The molecule has 14 heteroatoms. The third kappa shape index (κ3) is 3.36. The lowest BCUT2D eigenvalue weighted by Crippen LogP contribution is -2.35. The first-order valence-electron chi connectivity index (χ1n) is 8.90. The second-order valence-corrected chi connectivity index (χ2v) is 9.62. The molecule has 0 atom stereocenters. The highest BCUT2D eigenvalue weighted by Gasteiger charge is 2.47.